The maximum absolute atomic E-state index is 12.3. The fourth-order valence-corrected chi connectivity index (χ4v) is 1.87. The zero-order valence-electron chi connectivity index (χ0n) is 13.7. The Kier molecular flexibility index (Phi) is 7.08. The molecule has 1 aromatic heterocycles. The van der Waals surface area contributed by atoms with Crippen LogP contribution in [-0.2, 0) is 0 Å². The average Bonchev–Trinajstić information content (AvgIpc) is 2.44. The molecule has 0 aliphatic carbocycles. The molecule has 0 aliphatic rings. The Hall–Kier alpha value is -1.69. The summed E-state index contributed by atoms with van der Waals surface area (Å²) in [5.74, 6) is 0.812. The van der Waals surface area contributed by atoms with Crippen molar-refractivity contribution in [1.82, 2.24) is 20.2 Å². The van der Waals surface area contributed by atoms with Crippen molar-refractivity contribution in [2.45, 2.75) is 33.2 Å². The van der Waals surface area contributed by atoms with E-state index in [1.807, 2.05) is 14.1 Å². The van der Waals surface area contributed by atoms with E-state index in [9.17, 15) is 4.79 Å². The predicted molar refractivity (Wildman–Crippen MR) is 85.5 cm³/mol. The molecule has 21 heavy (non-hydrogen) atoms. The average molecular weight is 293 g/mol. The molecule has 2 N–H and O–H groups in total. The molecule has 0 saturated heterocycles. The highest BCUT2D eigenvalue weighted by atomic mass is 16.2. The minimum absolute atomic E-state index is 0.0848. The smallest absolute Gasteiger partial charge is 0.271 e. The Morgan fingerprint density at radius 1 is 1.33 bits per heavy atom. The molecule has 0 aromatic carbocycles. The van der Waals surface area contributed by atoms with Gasteiger partial charge in [0.05, 0.1) is 12.4 Å². The number of nitrogens with one attached hydrogen (secondary N) is 2. The molecule has 118 valence electrons. The van der Waals surface area contributed by atoms with Gasteiger partial charge >= 0.3 is 0 Å². The van der Waals surface area contributed by atoms with Gasteiger partial charge in [-0.2, -0.15) is 0 Å². The van der Waals surface area contributed by atoms with Crippen molar-refractivity contribution in [1.29, 1.82) is 0 Å². The predicted octanol–water partition coefficient (Wildman–Crippen LogP) is 1.61. The maximum Gasteiger partial charge on any atom is 0.271 e. The van der Waals surface area contributed by atoms with E-state index in [-0.39, 0.29) is 11.9 Å². The molecule has 0 spiro atoms. The Bertz CT molecular complexity index is 447. The Labute approximate surface area is 127 Å². The third-order valence-electron chi connectivity index (χ3n) is 3.11. The molecular weight excluding hydrogens is 266 g/mol. The SMILES string of the molecule is CCCNc1cncc(C(=O)NC(CN(C)C)C(C)C)n1. The lowest BCUT2D eigenvalue weighted by molar-refractivity contribution is 0.0911. The van der Waals surface area contributed by atoms with E-state index >= 15 is 0 Å². The van der Waals surface area contributed by atoms with Crippen LogP contribution in [0.25, 0.3) is 0 Å². The summed E-state index contributed by atoms with van der Waals surface area (Å²) in [6.07, 6.45) is 4.13. The first-order chi connectivity index (χ1) is 9.93. The van der Waals surface area contributed by atoms with Gasteiger partial charge in [0.2, 0.25) is 0 Å². The minimum Gasteiger partial charge on any atom is -0.369 e. The second-order valence-electron chi connectivity index (χ2n) is 5.80. The van der Waals surface area contributed by atoms with Gasteiger partial charge in [-0.25, -0.2) is 4.98 Å². The van der Waals surface area contributed by atoms with E-state index in [0.29, 0.717) is 17.4 Å². The van der Waals surface area contributed by atoms with Crippen molar-refractivity contribution in [2.75, 3.05) is 32.5 Å². The molecule has 0 fully saturated rings. The van der Waals surface area contributed by atoms with Crippen molar-refractivity contribution >= 4 is 11.7 Å². The number of carbonyl (C=O) groups is 1. The highest BCUT2D eigenvalue weighted by Gasteiger charge is 2.19. The van der Waals surface area contributed by atoms with E-state index in [4.69, 9.17) is 0 Å². The highest BCUT2D eigenvalue weighted by Crippen LogP contribution is 2.06. The number of amides is 1. The number of hydrogen-bond donors (Lipinski definition) is 2. The Balaban J connectivity index is 2.73. The van der Waals surface area contributed by atoms with E-state index in [0.717, 1.165) is 19.5 Å². The van der Waals surface area contributed by atoms with Crippen LogP contribution >= 0.6 is 0 Å². The first kappa shape index (κ1) is 17.4. The second-order valence-corrected chi connectivity index (χ2v) is 5.80. The third-order valence-corrected chi connectivity index (χ3v) is 3.11. The van der Waals surface area contributed by atoms with Crippen molar-refractivity contribution in [3.8, 4) is 0 Å². The van der Waals surface area contributed by atoms with Gasteiger partial charge in [-0.3, -0.25) is 9.78 Å². The molecule has 1 rings (SSSR count). The van der Waals surface area contributed by atoms with Crippen LogP contribution in [0, 0.1) is 5.92 Å². The molecular formula is C15H27N5O. The topological polar surface area (TPSA) is 70.2 Å². The van der Waals surface area contributed by atoms with E-state index in [2.05, 4.69) is 46.3 Å². The van der Waals surface area contributed by atoms with Gasteiger partial charge in [0.25, 0.3) is 5.91 Å². The van der Waals surface area contributed by atoms with Gasteiger partial charge in [-0.05, 0) is 26.4 Å². The molecule has 1 amide bonds. The van der Waals surface area contributed by atoms with Crippen LogP contribution in [0.15, 0.2) is 12.4 Å². The standard InChI is InChI=1S/C15H27N5O/c1-6-7-17-14-9-16-8-12(18-14)15(21)19-13(11(2)3)10-20(4)5/h8-9,11,13H,6-7,10H2,1-5H3,(H,17,18)(H,19,21). The third kappa shape index (κ3) is 6.08. The zero-order valence-corrected chi connectivity index (χ0v) is 13.7. The van der Waals surface area contributed by atoms with Gasteiger partial charge in [0.15, 0.2) is 0 Å². The van der Waals surface area contributed by atoms with Crippen molar-refractivity contribution < 1.29 is 4.79 Å². The van der Waals surface area contributed by atoms with Gasteiger partial charge in [0, 0.05) is 19.1 Å². The van der Waals surface area contributed by atoms with Crippen LogP contribution < -0.4 is 10.6 Å². The van der Waals surface area contributed by atoms with E-state index in [1.54, 1.807) is 6.20 Å². The molecule has 0 saturated carbocycles. The lowest BCUT2D eigenvalue weighted by Gasteiger charge is -2.25. The number of likely N-dealkylation sites (N-methyl/N-ethyl adjacent to an activating group) is 1. The fourth-order valence-electron chi connectivity index (χ4n) is 1.87. The van der Waals surface area contributed by atoms with Crippen LogP contribution in [0.1, 0.15) is 37.7 Å². The van der Waals surface area contributed by atoms with E-state index < -0.39 is 0 Å². The van der Waals surface area contributed by atoms with Crippen LogP contribution in [0.4, 0.5) is 5.82 Å². The number of aromatic nitrogens is 2. The summed E-state index contributed by atoms with van der Waals surface area (Å²) < 4.78 is 0. The summed E-state index contributed by atoms with van der Waals surface area (Å²) in [5.41, 5.74) is 0.348. The lowest BCUT2D eigenvalue weighted by atomic mass is 10.0. The number of anilines is 1. The summed E-state index contributed by atoms with van der Waals surface area (Å²) in [5, 5.41) is 6.17. The quantitative estimate of drug-likeness (QED) is 0.762. The van der Waals surface area contributed by atoms with Crippen molar-refractivity contribution in [3.05, 3.63) is 18.1 Å². The zero-order chi connectivity index (χ0) is 15.8. The second kappa shape index (κ2) is 8.56. The summed E-state index contributed by atoms with van der Waals surface area (Å²) in [6.45, 7) is 7.88. The van der Waals surface area contributed by atoms with Crippen molar-refractivity contribution in [3.63, 3.8) is 0 Å². The molecule has 1 atom stereocenters. The monoisotopic (exact) mass is 293 g/mol. The molecule has 1 aromatic rings. The number of hydrogen-bond acceptors (Lipinski definition) is 5. The van der Waals surface area contributed by atoms with Crippen LogP contribution in [0.3, 0.4) is 0 Å². The first-order valence-electron chi connectivity index (χ1n) is 7.45. The summed E-state index contributed by atoms with van der Waals surface area (Å²) in [4.78, 5) is 22.8. The van der Waals surface area contributed by atoms with Crippen LogP contribution in [-0.4, -0.2) is 54.0 Å². The molecule has 1 heterocycles. The molecule has 1 unspecified atom stereocenters. The summed E-state index contributed by atoms with van der Waals surface area (Å²) >= 11 is 0. The van der Waals surface area contributed by atoms with Crippen LogP contribution in [0.5, 0.6) is 0 Å². The Morgan fingerprint density at radius 2 is 2.05 bits per heavy atom. The number of carbonyl (C=O) groups excluding carboxylic acids is 1. The summed E-state index contributed by atoms with van der Waals surface area (Å²) in [6, 6.07) is 0.0848. The maximum atomic E-state index is 12.3. The number of nitrogens with zero attached hydrogens (tertiary/aromatic N) is 3. The molecule has 0 aliphatic heterocycles. The fraction of sp³-hybridized carbons (Fsp3) is 0.667. The van der Waals surface area contributed by atoms with Crippen LogP contribution in [0.2, 0.25) is 0 Å². The Morgan fingerprint density at radius 3 is 2.62 bits per heavy atom. The minimum atomic E-state index is -0.178. The molecule has 6 nitrogen and oxygen atoms in total. The van der Waals surface area contributed by atoms with Crippen molar-refractivity contribution in [2.24, 2.45) is 5.92 Å². The molecule has 0 radical (unpaired) electrons. The summed E-state index contributed by atoms with van der Waals surface area (Å²) in [7, 11) is 3.99. The molecule has 6 heteroatoms. The van der Waals surface area contributed by atoms with Gasteiger partial charge in [-0.15, -0.1) is 0 Å². The van der Waals surface area contributed by atoms with E-state index in [1.165, 1.54) is 6.20 Å². The number of rotatable bonds is 8. The molecule has 0 bridgehead atoms. The van der Waals surface area contributed by atoms with Gasteiger partial charge in [0.1, 0.15) is 11.5 Å². The van der Waals surface area contributed by atoms with Gasteiger partial charge < -0.3 is 15.5 Å². The lowest BCUT2D eigenvalue weighted by Crippen LogP contribution is -2.45. The largest absolute Gasteiger partial charge is 0.369 e. The van der Waals surface area contributed by atoms with Gasteiger partial charge in [-0.1, -0.05) is 20.8 Å². The highest BCUT2D eigenvalue weighted by molar-refractivity contribution is 5.92. The normalized spacial score (nSPS) is 12.5. The first-order valence-corrected chi connectivity index (χ1v) is 7.45.